The topological polar surface area (TPSA) is 41.6 Å². The molecule has 2 heterocycles. The van der Waals surface area contributed by atoms with Gasteiger partial charge in [0.2, 0.25) is 0 Å². The minimum Gasteiger partial charge on any atom is -0.363 e. The van der Waals surface area contributed by atoms with Crippen LogP contribution in [0.25, 0.3) is 0 Å². The molecule has 0 aliphatic carbocycles. The molecule has 4 heteroatoms. The van der Waals surface area contributed by atoms with Crippen molar-refractivity contribution in [2.45, 2.75) is 51.5 Å². The largest absolute Gasteiger partial charge is 0.363 e. The molecule has 0 saturated carbocycles. The maximum atomic E-state index is 12.1. The minimum absolute atomic E-state index is 0.0838. The first-order valence-corrected chi connectivity index (χ1v) is 5.64. The predicted molar refractivity (Wildman–Crippen MR) is 57.6 cm³/mol. The molecule has 15 heavy (non-hydrogen) atoms. The molecule has 0 aromatic carbocycles. The highest BCUT2D eigenvalue weighted by molar-refractivity contribution is 5.86. The summed E-state index contributed by atoms with van der Waals surface area (Å²) in [5, 5.41) is 3.29. The van der Waals surface area contributed by atoms with Crippen LogP contribution in [0.15, 0.2) is 0 Å². The van der Waals surface area contributed by atoms with E-state index in [-0.39, 0.29) is 12.0 Å². The number of amides is 1. The van der Waals surface area contributed by atoms with E-state index >= 15 is 0 Å². The number of hydrogen-bond acceptors (Lipinski definition) is 3. The third kappa shape index (κ3) is 1.76. The fraction of sp³-hybridized carbons (Fsp3) is 0.909. The number of nitrogens with zero attached hydrogens (tertiary/aromatic N) is 1. The predicted octanol–water partition coefficient (Wildman–Crippen LogP) is 0.373. The summed E-state index contributed by atoms with van der Waals surface area (Å²) in [5.74, 6) is 0.124. The molecule has 1 unspecified atom stereocenters. The summed E-state index contributed by atoms with van der Waals surface area (Å²) in [6.45, 7) is 9.41. The number of carbonyl (C=O) groups excluding carboxylic acids is 1. The fourth-order valence-corrected chi connectivity index (χ4v) is 2.33. The van der Waals surface area contributed by atoms with Crippen molar-refractivity contribution >= 4 is 5.91 Å². The average molecular weight is 212 g/mol. The lowest BCUT2D eigenvalue weighted by atomic mass is 9.87. The van der Waals surface area contributed by atoms with Gasteiger partial charge in [0.25, 0.3) is 5.91 Å². The Balaban J connectivity index is 1.94. The van der Waals surface area contributed by atoms with Gasteiger partial charge in [-0.25, -0.2) is 0 Å². The van der Waals surface area contributed by atoms with Crippen LogP contribution in [0.2, 0.25) is 0 Å². The second-order valence-corrected chi connectivity index (χ2v) is 5.22. The van der Waals surface area contributed by atoms with Crippen molar-refractivity contribution < 1.29 is 9.53 Å². The van der Waals surface area contributed by atoms with E-state index in [1.165, 1.54) is 0 Å². The number of piperazine rings is 1. The van der Waals surface area contributed by atoms with E-state index in [1.807, 2.05) is 32.6 Å². The van der Waals surface area contributed by atoms with Crippen LogP contribution in [0.3, 0.4) is 0 Å². The van der Waals surface area contributed by atoms with Crippen LogP contribution >= 0.6 is 0 Å². The Kier molecular flexibility index (Phi) is 2.51. The van der Waals surface area contributed by atoms with Crippen LogP contribution in [0.5, 0.6) is 0 Å². The molecule has 1 amide bonds. The molecule has 2 aliphatic heterocycles. The van der Waals surface area contributed by atoms with Crippen LogP contribution in [-0.2, 0) is 9.53 Å². The summed E-state index contributed by atoms with van der Waals surface area (Å²) in [5.41, 5.74) is -0.686. The van der Waals surface area contributed by atoms with E-state index in [1.54, 1.807) is 0 Å². The Morgan fingerprint density at radius 1 is 1.53 bits per heavy atom. The third-order valence-electron chi connectivity index (χ3n) is 3.15. The highest BCUT2D eigenvalue weighted by atomic mass is 16.5. The number of carbonyl (C=O) groups is 1. The Bertz CT molecular complexity index is 276. The number of fused-ring (bicyclic) bond motifs is 1. The lowest BCUT2D eigenvalue weighted by Crippen LogP contribution is -2.80. The van der Waals surface area contributed by atoms with Crippen molar-refractivity contribution in [2.24, 2.45) is 0 Å². The van der Waals surface area contributed by atoms with Crippen molar-refractivity contribution in [3.63, 3.8) is 0 Å². The highest BCUT2D eigenvalue weighted by Gasteiger charge is 2.51. The quantitative estimate of drug-likeness (QED) is 0.735. The van der Waals surface area contributed by atoms with Crippen LogP contribution < -0.4 is 5.32 Å². The standard InChI is InChI=1S/C11H20N2O2/c1-7(2)15-11(3,4)10(14)13-6-8-9(13)5-12-8/h7-9,12H,5-6H2,1-4H3/t8?,9-/m1/s1. The monoisotopic (exact) mass is 212 g/mol. The molecule has 0 spiro atoms. The molecule has 1 N–H and O–H groups in total. The lowest BCUT2D eigenvalue weighted by Gasteiger charge is -2.57. The minimum atomic E-state index is -0.686. The van der Waals surface area contributed by atoms with Gasteiger partial charge < -0.3 is 15.0 Å². The molecular formula is C11H20N2O2. The van der Waals surface area contributed by atoms with Gasteiger partial charge in [-0.3, -0.25) is 4.79 Å². The Hall–Kier alpha value is -0.610. The van der Waals surface area contributed by atoms with E-state index in [0.717, 1.165) is 13.1 Å². The van der Waals surface area contributed by atoms with Crippen molar-refractivity contribution in [3.8, 4) is 0 Å². The van der Waals surface area contributed by atoms with Gasteiger partial charge in [0.15, 0.2) is 0 Å². The summed E-state index contributed by atoms with van der Waals surface area (Å²) in [6, 6.07) is 0.969. The van der Waals surface area contributed by atoms with Gasteiger partial charge in [0.05, 0.1) is 12.1 Å². The van der Waals surface area contributed by atoms with Gasteiger partial charge in [0, 0.05) is 19.1 Å². The molecule has 2 fully saturated rings. The molecule has 0 radical (unpaired) electrons. The van der Waals surface area contributed by atoms with E-state index in [2.05, 4.69) is 5.32 Å². The maximum Gasteiger partial charge on any atom is 0.254 e. The highest BCUT2D eigenvalue weighted by Crippen LogP contribution is 2.28. The Morgan fingerprint density at radius 3 is 2.53 bits per heavy atom. The first kappa shape index (κ1) is 10.9. The lowest BCUT2D eigenvalue weighted by molar-refractivity contribution is -0.173. The number of rotatable bonds is 3. The molecule has 86 valence electrons. The van der Waals surface area contributed by atoms with E-state index in [0.29, 0.717) is 12.1 Å². The van der Waals surface area contributed by atoms with Gasteiger partial charge in [-0.15, -0.1) is 0 Å². The summed E-state index contributed by atoms with van der Waals surface area (Å²) in [6.07, 6.45) is 0.0838. The van der Waals surface area contributed by atoms with Crippen LogP contribution in [-0.4, -0.2) is 47.7 Å². The number of likely N-dealkylation sites (tertiary alicyclic amines) is 1. The van der Waals surface area contributed by atoms with E-state index in [4.69, 9.17) is 4.74 Å². The molecule has 0 aromatic rings. The zero-order valence-electron chi connectivity index (χ0n) is 9.91. The molecule has 0 aromatic heterocycles. The van der Waals surface area contributed by atoms with Crippen molar-refractivity contribution in [1.29, 1.82) is 0 Å². The van der Waals surface area contributed by atoms with E-state index in [9.17, 15) is 4.79 Å². The zero-order chi connectivity index (χ0) is 11.2. The molecule has 2 rings (SSSR count). The summed E-state index contributed by atoms with van der Waals surface area (Å²) in [4.78, 5) is 14.1. The van der Waals surface area contributed by atoms with Gasteiger partial charge >= 0.3 is 0 Å². The molecule has 2 atom stereocenters. The number of ether oxygens (including phenoxy) is 1. The van der Waals surface area contributed by atoms with Crippen molar-refractivity contribution in [1.82, 2.24) is 10.2 Å². The van der Waals surface area contributed by atoms with Gasteiger partial charge in [-0.1, -0.05) is 0 Å². The zero-order valence-corrected chi connectivity index (χ0v) is 9.91. The second kappa shape index (κ2) is 3.46. The first-order valence-electron chi connectivity index (χ1n) is 5.64. The van der Waals surface area contributed by atoms with Gasteiger partial charge in [-0.05, 0) is 27.7 Å². The number of nitrogens with one attached hydrogen (secondary N) is 1. The normalized spacial score (nSPS) is 29.5. The molecule has 0 bridgehead atoms. The third-order valence-corrected chi connectivity index (χ3v) is 3.15. The van der Waals surface area contributed by atoms with Gasteiger partial charge in [-0.2, -0.15) is 0 Å². The second-order valence-electron chi connectivity index (χ2n) is 5.22. The van der Waals surface area contributed by atoms with Crippen LogP contribution in [0, 0.1) is 0 Å². The summed E-state index contributed by atoms with van der Waals surface area (Å²) in [7, 11) is 0. The van der Waals surface area contributed by atoms with Crippen molar-refractivity contribution in [2.75, 3.05) is 13.1 Å². The molecule has 2 aliphatic rings. The fourth-order valence-electron chi connectivity index (χ4n) is 2.33. The maximum absolute atomic E-state index is 12.1. The number of hydrogen-bond donors (Lipinski definition) is 1. The molecular weight excluding hydrogens is 192 g/mol. The molecule has 4 nitrogen and oxygen atoms in total. The smallest absolute Gasteiger partial charge is 0.254 e. The van der Waals surface area contributed by atoms with Gasteiger partial charge in [0.1, 0.15) is 5.60 Å². The SMILES string of the molecule is CC(C)OC(C)(C)C(=O)N1CC2NC[C@H]21. The summed E-state index contributed by atoms with van der Waals surface area (Å²) >= 11 is 0. The first-order chi connectivity index (χ1) is 6.92. The Morgan fingerprint density at radius 2 is 2.20 bits per heavy atom. The molecule has 2 saturated heterocycles. The van der Waals surface area contributed by atoms with Crippen molar-refractivity contribution in [3.05, 3.63) is 0 Å². The average Bonchev–Trinajstić information content (AvgIpc) is 2.06. The van der Waals surface area contributed by atoms with E-state index < -0.39 is 5.60 Å². The van der Waals surface area contributed by atoms with Crippen LogP contribution in [0.4, 0.5) is 0 Å². The Labute approximate surface area is 91.0 Å². The van der Waals surface area contributed by atoms with Crippen LogP contribution in [0.1, 0.15) is 27.7 Å². The summed E-state index contributed by atoms with van der Waals surface area (Å²) < 4.78 is 5.65.